The van der Waals surface area contributed by atoms with Crippen LogP contribution in [0.25, 0.3) is 0 Å². The quantitative estimate of drug-likeness (QED) is 0.859. The number of aryl methyl sites for hydroxylation is 2. The number of rotatable bonds is 4. The highest BCUT2D eigenvalue weighted by Crippen LogP contribution is 2.20. The topological polar surface area (TPSA) is 112 Å². The first-order valence-electron chi connectivity index (χ1n) is 6.06. The summed E-state index contributed by atoms with van der Waals surface area (Å²) in [6, 6.07) is 0. The van der Waals surface area contributed by atoms with E-state index >= 15 is 0 Å². The van der Waals surface area contributed by atoms with Crippen LogP contribution in [0.5, 0.6) is 0 Å². The van der Waals surface area contributed by atoms with Crippen LogP contribution >= 0.6 is 0 Å². The number of primary sulfonamides is 1. The van der Waals surface area contributed by atoms with E-state index in [9.17, 15) is 16.8 Å². The summed E-state index contributed by atoms with van der Waals surface area (Å²) in [5, 5.41) is 9.18. The summed E-state index contributed by atoms with van der Waals surface area (Å²) in [6.45, 7) is 8.06. The molecule has 0 amide bonds. The van der Waals surface area contributed by atoms with E-state index < -0.39 is 24.6 Å². The Kier molecular flexibility index (Phi) is 4.38. The Hall–Kier alpha value is -0.930. The Labute approximate surface area is 120 Å². The minimum atomic E-state index is -3.86. The fraction of sp³-hybridized carbons (Fsp3) is 0.727. The molecule has 9 heteroatoms. The van der Waals surface area contributed by atoms with Crippen LogP contribution in [0.15, 0.2) is 4.90 Å². The standard InChI is InChI=1S/C11H21N3O4S2/c1-8-10(20(12,17)18)9(2)14(13-8)6-7-19(15,16)11(3,4)5/h6-7H2,1-5H3,(H2,12,17,18). The van der Waals surface area contributed by atoms with Gasteiger partial charge in [0.05, 0.1) is 28.4 Å². The van der Waals surface area contributed by atoms with Gasteiger partial charge in [-0.3, -0.25) is 4.68 Å². The lowest BCUT2D eigenvalue weighted by Gasteiger charge is -2.19. The summed E-state index contributed by atoms with van der Waals surface area (Å²) >= 11 is 0. The average molecular weight is 323 g/mol. The molecule has 1 aromatic rings. The van der Waals surface area contributed by atoms with E-state index in [2.05, 4.69) is 5.10 Å². The van der Waals surface area contributed by atoms with Gasteiger partial charge < -0.3 is 0 Å². The van der Waals surface area contributed by atoms with Gasteiger partial charge in [-0.25, -0.2) is 22.0 Å². The second-order valence-corrected chi connectivity index (χ2v) is 10.1. The molecule has 1 aromatic heterocycles. The van der Waals surface area contributed by atoms with Crippen LogP contribution in [0.2, 0.25) is 0 Å². The lowest BCUT2D eigenvalue weighted by atomic mass is 10.3. The number of nitrogens with zero attached hydrogens (tertiary/aromatic N) is 2. The Balaban J connectivity index is 3.10. The van der Waals surface area contributed by atoms with Crippen LogP contribution in [-0.2, 0) is 26.4 Å². The van der Waals surface area contributed by atoms with E-state index in [1.54, 1.807) is 27.7 Å². The number of aromatic nitrogens is 2. The molecule has 0 atom stereocenters. The second kappa shape index (κ2) is 5.12. The molecule has 0 spiro atoms. The molecule has 0 aromatic carbocycles. The van der Waals surface area contributed by atoms with Crippen LogP contribution in [0, 0.1) is 13.8 Å². The predicted octanol–water partition coefficient (Wildman–Crippen LogP) is 0.361. The average Bonchev–Trinajstić information content (AvgIpc) is 2.48. The summed E-state index contributed by atoms with van der Waals surface area (Å²) in [4.78, 5) is -0.0364. The van der Waals surface area contributed by atoms with Crippen LogP contribution in [-0.4, -0.2) is 37.1 Å². The molecule has 116 valence electrons. The molecule has 1 heterocycles. The maximum absolute atomic E-state index is 12.0. The Bertz CT molecular complexity index is 710. The van der Waals surface area contributed by atoms with Gasteiger partial charge in [0.25, 0.3) is 0 Å². The molecule has 20 heavy (non-hydrogen) atoms. The lowest BCUT2D eigenvalue weighted by Crippen LogP contribution is -2.32. The monoisotopic (exact) mass is 323 g/mol. The summed E-state index contributed by atoms with van der Waals surface area (Å²) in [5.74, 6) is -0.109. The van der Waals surface area contributed by atoms with E-state index in [4.69, 9.17) is 5.14 Å². The predicted molar refractivity (Wildman–Crippen MR) is 76.6 cm³/mol. The largest absolute Gasteiger partial charge is 0.267 e. The van der Waals surface area contributed by atoms with Gasteiger partial charge in [0.2, 0.25) is 10.0 Å². The molecule has 0 radical (unpaired) electrons. The van der Waals surface area contributed by atoms with Gasteiger partial charge in [-0.15, -0.1) is 0 Å². The zero-order valence-corrected chi connectivity index (χ0v) is 14.0. The first-order valence-corrected chi connectivity index (χ1v) is 9.26. The lowest BCUT2D eigenvalue weighted by molar-refractivity contribution is 0.545. The van der Waals surface area contributed by atoms with Crippen LogP contribution in [0.4, 0.5) is 0 Å². The van der Waals surface area contributed by atoms with Gasteiger partial charge in [0.1, 0.15) is 4.90 Å². The number of sulfone groups is 1. The number of hydrogen-bond donors (Lipinski definition) is 1. The van der Waals surface area contributed by atoms with Crippen molar-refractivity contribution in [2.45, 2.75) is 50.8 Å². The van der Waals surface area contributed by atoms with Gasteiger partial charge in [-0.2, -0.15) is 5.10 Å². The normalized spacial score (nSPS) is 13.7. The molecule has 0 aliphatic rings. The van der Waals surface area contributed by atoms with Crippen molar-refractivity contribution in [3.8, 4) is 0 Å². The molecule has 0 unspecified atom stereocenters. The second-order valence-electron chi connectivity index (χ2n) is 5.70. The molecule has 1 rings (SSSR count). The van der Waals surface area contributed by atoms with E-state index in [0.29, 0.717) is 5.69 Å². The molecule has 2 N–H and O–H groups in total. The highest BCUT2D eigenvalue weighted by molar-refractivity contribution is 7.92. The van der Waals surface area contributed by atoms with Crippen LogP contribution in [0.1, 0.15) is 32.2 Å². The van der Waals surface area contributed by atoms with Crippen molar-refractivity contribution < 1.29 is 16.8 Å². The maximum atomic E-state index is 12.0. The van der Waals surface area contributed by atoms with Crippen molar-refractivity contribution in [3.63, 3.8) is 0 Å². The molecular formula is C11H21N3O4S2. The Morgan fingerprint density at radius 3 is 2.00 bits per heavy atom. The first-order chi connectivity index (χ1) is 8.77. The van der Waals surface area contributed by atoms with E-state index in [-0.39, 0.29) is 22.9 Å². The van der Waals surface area contributed by atoms with Gasteiger partial charge in [0, 0.05) is 0 Å². The van der Waals surface area contributed by atoms with Crippen molar-refractivity contribution in [2.24, 2.45) is 5.14 Å². The third kappa shape index (κ3) is 3.39. The van der Waals surface area contributed by atoms with Crippen LogP contribution in [0.3, 0.4) is 0 Å². The van der Waals surface area contributed by atoms with Gasteiger partial charge in [-0.1, -0.05) is 0 Å². The fourth-order valence-corrected chi connectivity index (χ4v) is 3.82. The summed E-state index contributed by atoms with van der Waals surface area (Å²) in [7, 11) is -7.15. The minimum Gasteiger partial charge on any atom is -0.267 e. The Morgan fingerprint density at radius 1 is 1.15 bits per heavy atom. The number of sulfonamides is 1. The molecule has 0 bridgehead atoms. The first kappa shape index (κ1) is 17.1. The third-order valence-electron chi connectivity index (χ3n) is 3.10. The smallest absolute Gasteiger partial charge is 0.241 e. The molecular weight excluding hydrogens is 302 g/mol. The fourth-order valence-electron chi connectivity index (χ4n) is 1.82. The summed E-state index contributed by atoms with van der Waals surface area (Å²) < 4.78 is 47.5. The summed E-state index contributed by atoms with van der Waals surface area (Å²) in [6.07, 6.45) is 0. The van der Waals surface area contributed by atoms with E-state index in [0.717, 1.165) is 0 Å². The molecule has 0 fully saturated rings. The number of hydrogen-bond acceptors (Lipinski definition) is 5. The molecule has 0 saturated heterocycles. The molecule has 0 aliphatic heterocycles. The maximum Gasteiger partial charge on any atom is 0.241 e. The molecule has 0 saturated carbocycles. The highest BCUT2D eigenvalue weighted by Gasteiger charge is 2.29. The van der Waals surface area contributed by atoms with Crippen molar-refractivity contribution >= 4 is 19.9 Å². The van der Waals surface area contributed by atoms with Gasteiger partial charge in [-0.05, 0) is 34.6 Å². The van der Waals surface area contributed by atoms with E-state index in [1.165, 1.54) is 11.6 Å². The summed E-state index contributed by atoms with van der Waals surface area (Å²) in [5.41, 5.74) is 0.632. The highest BCUT2D eigenvalue weighted by atomic mass is 32.2. The van der Waals surface area contributed by atoms with Crippen molar-refractivity contribution in [1.29, 1.82) is 0 Å². The zero-order chi connectivity index (χ0) is 15.9. The van der Waals surface area contributed by atoms with E-state index in [1.807, 2.05) is 0 Å². The van der Waals surface area contributed by atoms with Crippen molar-refractivity contribution in [1.82, 2.24) is 9.78 Å². The molecule has 0 aliphatic carbocycles. The zero-order valence-electron chi connectivity index (χ0n) is 12.3. The van der Waals surface area contributed by atoms with Crippen molar-refractivity contribution in [2.75, 3.05) is 5.75 Å². The van der Waals surface area contributed by atoms with Gasteiger partial charge >= 0.3 is 0 Å². The molecule has 7 nitrogen and oxygen atoms in total. The minimum absolute atomic E-state index is 0.0364. The van der Waals surface area contributed by atoms with Gasteiger partial charge in [0.15, 0.2) is 9.84 Å². The van der Waals surface area contributed by atoms with Crippen LogP contribution < -0.4 is 5.14 Å². The third-order valence-corrected chi connectivity index (χ3v) is 6.85. The number of nitrogens with two attached hydrogens (primary N) is 1. The van der Waals surface area contributed by atoms with Crippen molar-refractivity contribution in [3.05, 3.63) is 11.4 Å². The Morgan fingerprint density at radius 2 is 1.65 bits per heavy atom. The SMILES string of the molecule is Cc1nn(CCS(=O)(=O)C(C)(C)C)c(C)c1S(N)(=O)=O.